The van der Waals surface area contributed by atoms with Gasteiger partial charge < -0.3 is 0 Å². The predicted octanol–water partition coefficient (Wildman–Crippen LogP) is 5.55. The maximum absolute atomic E-state index is 11.2. The molecule has 1 nitrogen and oxygen atoms in total. The average Bonchev–Trinajstić information content (AvgIpc) is 2.36. The number of hydrogen-bond donors (Lipinski definition) is 0. The van der Waals surface area contributed by atoms with Crippen molar-refractivity contribution in [2.24, 2.45) is 0 Å². The Morgan fingerprint density at radius 1 is 0.826 bits per heavy atom. The summed E-state index contributed by atoms with van der Waals surface area (Å²) in [6, 6.07) is 16.2. The van der Waals surface area contributed by atoms with Crippen LogP contribution in [-0.2, 0) is 5.54 Å². The van der Waals surface area contributed by atoms with Crippen LogP contribution in [0.25, 0.3) is 0 Å². The zero-order valence-electron chi connectivity index (χ0n) is 12.2. The van der Waals surface area contributed by atoms with E-state index in [-0.39, 0.29) is 5.54 Å². The zero-order chi connectivity index (χ0) is 18.0. The van der Waals surface area contributed by atoms with Gasteiger partial charge in [-0.05, 0) is 17.7 Å². The van der Waals surface area contributed by atoms with Gasteiger partial charge in [-0.2, -0.15) is 4.57 Å². The van der Waals surface area contributed by atoms with Crippen molar-refractivity contribution in [3.8, 4) is 0 Å². The SMILES string of the molecule is CC(C)(c1ccccc1)[n+]1ccccc1Cl.[F][Sb-]([F])([F])([F])([F])[F]. The van der Waals surface area contributed by atoms with E-state index >= 15 is 0 Å². The Morgan fingerprint density at radius 2 is 1.26 bits per heavy atom. The molecule has 0 N–H and O–H groups in total. The van der Waals surface area contributed by atoms with Gasteiger partial charge in [0.05, 0.1) is 0 Å². The van der Waals surface area contributed by atoms with Gasteiger partial charge in [-0.25, -0.2) is 0 Å². The molecule has 2 rings (SSSR count). The van der Waals surface area contributed by atoms with Crippen LogP contribution in [-0.4, -0.2) is 19.5 Å². The molecule has 1 aromatic heterocycles. The van der Waals surface area contributed by atoms with Gasteiger partial charge in [-0.15, -0.1) is 0 Å². The van der Waals surface area contributed by atoms with Crippen molar-refractivity contribution < 1.29 is 21.4 Å². The standard InChI is InChI=1S/C14H15ClN.6FH.Sb/c1-14(2,12-8-4-3-5-9-12)16-11-7-6-10-13(16)15;;;;;;;/h3-11H,1-2H3;6*1H;/q+1;;;;;;;+5/p-6. The topological polar surface area (TPSA) is 3.88 Å². The predicted molar refractivity (Wildman–Crippen MR) is 78.9 cm³/mol. The van der Waals surface area contributed by atoms with Crippen LogP contribution in [0, 0.1) is 0 Å². The van der Waals surface area contributed by atoms with Crippen molar-refractivity contribution in [2.45, 2.75) is 19.4 Å². The van der Waals surface area contributed by atoms with Gasteiger partial charge in [-0.1, -0.05) is 30.3 Å². The van der Waals surface area contributed by atoms with Gasteiger partial charge in [0.25, 0.3) is 5.15 Å². The molecule has 0 saturated carbocycles. The Morgan fingerprint density at radius 3 is 1.70 bits per heavy atom. The quantitative estimate of drug-likeness (QED) is 0.236. The van der Waals surface area contributed by atoms with Crippen LogP contribution in [0.1, 0.15) is 19.4 Å². The van der Waals surface area contributed by atoms with E-state index < -0.39 is 19.5 Å². The van der Waals surface area contributed by atoms with E-state index in [0.29, 0.717) is 0 Å². The molecule has 0 radical (unpaired) electrons. The molecule has 0 aliphatic heterocycles. The second-order valence-electron chi connectivity index (χ2n) is 5.28. The summed E-state index contributed by atoms with van der Waals surface area (Å²) < 4.78 is 61.6. The molecule has 0 fully saturated rings. The molecule has 0 saturated heterocycles. The van der Waals surface area contributed by atoms with Gasteiger partial charge in [0.2, 0.25) is 0 Å². The Hall–Kier alpha value is -0.942. The fraction of sp³-hybridized carbons (Fsp3) is 0.214. The Bertz CT molecular complexity index is 659. The summed E-state index contributed by atoms with van der Waals surface area (Å²) in [7, 11) is 0. The molecule has 1 aromatic carbocycles. The summed E-state index contributed by atoms with van der Waals surface area (Å²) >= 11 is -5.03. The van der Waals surface area contributed by atoms with Crippen LogP contribution in [0.3, 0.4) is 0 Å². The molecule has 0 aliphatic rings. The fourth-order valence-electron chi connectivity index (χ4n) is 1.86. The zero-order valence-corrected chi connectivity index (χ0v) is 15.5. The van der Waals surface area contributed by atoms with Gasteiger partial charge >= 0.3 is 36.4 Å². The minimum absolute atomic E-state index is 0.139. The third kappa shape index (κ3) is 8.47. The van der Waals surface area contributed by atoms with Crippen molar-refractivity contribution in [1.29, 1.82) is 0 Å². The monoisotopic (exact) mass is 467 g/mol. The van der Waals surface area contributed by atoms with Crippen LogP contribution < -0.4 is 4.57 Å². The molecular weight excluding hydrogens is 453 g/mol. The van der Waals surface area contributed by atoms with Gasteiger partial charge in [0.1, 0.15) is 0 Å². The van der Waals surface area contributed by atoms with Crippen molar-refractivity contribution in [3.05, 3.63) is 65.4 Å². The molecule has 9 heteroatoms. The van der Waals surface area contributed by atoms with E-state index in [2.05, 4.69) is 42.7 Å². The first kappa shape index (κ1) is 20.1. The average molecular weight is 468 g/mol. The number of halogens is 7. The molecule has 23 heavy (non-hydrogen) atoms. The maximum atomic E-state index is 9.93. The van der Waals surface area contributed by atoms with Gasteiger partial charge in [-0.3, -0.25) is 0 Å². The normalized spacial score (nSPS) is 15.0. The summed E-state index contributed by atoms with van der Waals surface area (Å²) in [5.74, 6) is 0. The number of pyridine rings is 1. The summed E-state index contributed by atoms with van der Waals surface area (Å²) in [6.45, 7) is 4.32. The van der Waals surface area contributed by atoms with Crippen molar-refractivity contribution >= 4 is 31.1 Å². The van der Waals surface area contributed by atoms with E-state index in [4.69, 9.17) is 11.6 Å². The summed E-state index contributed by atoms with van der Waals surface area (Å²) in [6.07, 6.45) is 2.01. The van der Waals surface area contributed by atoms with Crippen LogP contribution in [0.5, 0.6) is 0 Å². The molecule has 130 valence electrons. The number of aromatic nitrogens is 1. The van der Waals surface area contributed by atoms with Crippen molar-refractivity contribution in [3.63, 3.8) is 0 Å². The van der Waals surface area contributed by atoms with Crippen LogP contribution in [0.15, 0.2) is 54.7 Å². The molecule has 2 aromatic rings. The second kappa shape index (κ2) is 5.85. The van der Waals surface area contributed by atoms with Crippen molar-refractivity contribution in [1.82, 2.24) is 0 Å². The van der Waals surface area contributed by atoms with E-state index in [9.17, 15) is 16.9 Å². The summed E-state index contributed by atoms with van der Waals surface area (Å²) in [5, 5.41) is 0.747. The first-order chi connectivity index (χ1) is 10.1. The van der Waals surface area contributed by atoms with E-state index in [0.717, 1.165) is 5.15 Å². The fourth-order valence-corrected chi connectivity index (χ4v) is 2.20. The second-order valence-corrected chi connectivity index (χ2v) is 11.1. The molecule has 0 unspecified atom stereocenters. The third-order valence-corrected chi connectivity index (χ3v) is 3.20. The number of rotatable bonds is 2. The molecule has 1 heterocycles. The number of nitrogens with zero attached hydrogens (tertiary/aromatic N) is 1. The molecular formula is C14H15ClF6NSb. The van der Waals surface area contributed by atoms with Gasteiger partial charge in [0, 0.05) is 31.5 Å². The summed E-state index contributed by atoms with van der Waals surface area (Å²) in [5.41, 5.74) is 1.10. The Kier molecular flexibility index (Phi) is 5.11. The number of benzene rings is 1. The molecule has 0 spiro atoms. The first-order valence-corrected chi connectivity index (χ1v) is 12.5. The van der Waals surface area contributed by atoms with Gasteiger partial charge in [0.15, 0.2) is 11.7 Å². The third-order valence-electron chi connectivity index (χ3n) is 2.89. The minimum atomic E-state index is -11.2. The van der Waals surface area contributed by atoms with Crippen LogP contribution >= 0.6 is 11.6 Å². The van der Waals surface area contributed by atoms with Crippen LogP contribution in [0.2, 0.25) is 5.15 Å². The number of hydrogen-bond acceptors (Lipinski definition) is 0. The first-order valence-electron chi connectivity index (χ1n) is 6.36. The molecule has 0 bridgehead atoms. The molecule has 0 amide bonds. The van der Waals surface area contributed by atoms with Crippen molar-refractivity contribution in [2.75, 3.05) is 0 Å². The van der Waals surface area contributed by atoms with E-state index in [1.807, 2.05) is 30.5 Å². The van der Waals surface area contributed by atoms with Crippen LogP contribution in [0.4, 0.5) is 16.9 Å². The molecule has 0 aliphatic carbocycles. The molecule has 0 atom stereocenters. The Balaban J connectivity index is 0.000000322. The van der Waals surface area contributed by atoms with E-state index in [1.165, 1.54) is 5.56 Å². The van der Waals surface area contributed by atoms with E-state index in [1.54, 1.807) is 0 Å². The summed E-state index contributed by atoms with van der Waals surface area (Å²) in [4.78, 5) is 0. The Labute approximate surface area is 137 Å².